The molecule has 1 unspecified atom stereocenters. The smallest absolute Gasteiger partial charge is 0.290 e. The lowest BCUT2D eigenvalue weighted by Gasteiger charge is -2.14. The standard InChI is InChI=1S/C10H15BN2OS/c12-9(10(15)13-7-11-14)6-8-4-2-1-3-5-8/h1-5,9,11,14H,6-7,12H2,(H,13,15). The third-order valence-corrected chi connectivity index (χ3v) is 2.49. The number of hydrogen-bond acceptors (Lipinski definition) is 3. The van der Waals surface area contributed by atoms with Crippen LogP contribution in [0.4, 0.5) is 0 Å². The fourth-order valence-corrected chi connectivity index (χ4v) is 1.46. The quantitative estimate of drug-likeness (QED) is 0.476. The molecule has 1 atom stereocenters. The minimum atomic E-state index is -0.186. The Labute approximate surface area is 96.0 Å². The molecule has 80 valence electrons. The second-order valence-electron chi connectivity index (χ2n) is 3.31. The first-order valence-electron chi connectivity index (χ1n) is 4.92. The minimum absolute atomic E-state index is 0.0677. The summed E-state index contributed by atoms with van der Waals surface area (Å²) in [6.07, 6.45) is 1.18. The van der Waals surface area contributed by atoms with Crippen molar-refractivity contribution in [3.63, 3.8) is 0 Å². The van der Waals surface area contributed by atoms with Crippen LogP contribution in [0.3, 0.4) is 0 Å². The van der Waals surface area contributed by atoms with E-state index in [1.54, 1.807) is 0 Å². The average molecular weight is 222 g/mol. The maximum absolute atomic E-state index is 8.62. The van der Waals surface area contributed by atoms with Gasteiger partial charge in [0.25, 0.3) is 7.48 Å². The first kappa shape index (κ1) is 12.2. The summed E-state index contributed by atoms with van der Waals surface area (Å²) >= 11 is 5.09. The van der Waals surface area contributed by atoms with E-state index in [0.29, 0.717) is 11.4 Å². The Morgan fingerprint density at radius 3 is 2.73 bits per heavy atom. The molecule has 4 N–H and O–H groups in total. The lowest BCUT2D eigenvalue weighted by molar-refractivity contribution is 0.598. The predicted octanol–water partition coefficient (Wildman–Crippen LogP) is -0.225. The van der Waals surface area contributed by atoms with Crippen LogP contribution in [0.1, 0.15) is 5.56 Å². The number of rotatable bonds is 5. The number of benzene rings is 1. The molecule has 1 aromatic rings. The largest absolute Gasteiger partial charge is 0.452 e. The van der Waals surface area contributed by atoms with Gasteiger partial charge in [0.1, 0.15) is 0 Å². The molecule has 15 heavy (non-hydrogen) atoms. The van der Waals surface area contributed by atoms with Crippen molar-refractivity contribution in [1.82, 2.24) is 5.32 Å². The van der Waals surface area contributed by atoms with Gasteiger partial charge in [-0.15, -0.1) is 0 Å². The maximum atomic E-state index is 8.62. The highest BCUT2D eigenvalue weighted by Gasteiger charge is 2.09. The van der Waals surface area contributed by atoms with Crippen molar-refractivity contribution in [2.45, 2.75) is 12.5 Å². The van der Waals surface area contributed by atoms with E-state index in [4.69, 9.17) is 23.0 Å². The molecule has 5 heteroatoms. The summed E-state index contributed by atoms with van der Waals surface area (Å²) in [7, 11) is 0.0677. The first-order chi connectivity index (χ1) is 7.24. The summed E-state index contributed by atoms with van der Waals surface area (Å²) in [5.74, 6) is 0. The van der Waals surface area contributed by atoms with E-state index in [1.165, 1.54) is 0 Å². The SMILES string of the molecule is NC(Cc1ccccc1)C(=S)NCBO. The molecule has 1 rings (SSSR count). The van der Waals surface area contributed by atoms with Crippen LogP contribution in [0.2, 0.25) is 0 Å². The van der Waals surface area contributed by atoms with Crippen molar-refractivity contribution < 1.29 is 5.02 Å². The van der Waals surface area contributed by atoms with Crippen molar-refractivity contribution in [2.24, 2.45) is 5.73 Å². The number of nitrogens with one attached hydrogen (secondary N) is 1. The molecule has 0 aliphatic carbocycles. The van der Waals surface area contributed by atoms with Gasteiger partial charge in [0, 0.05) is 6.44 Å². The molecule has 0 bridgehead atoms. The highest BCUT2D eigenvalue weighted by atomic mass is 32.1. The van der Waals surface area contributed by atoms with Crippen molar-refractivity contribution in [3.8, 4) is 0 Å². The van der Waals surface area contributed by atoms with E-state index in [0.717, 1.165) is 12.0 Å². The Kier molecular flexibility index (Phi) is 5.32. The van der Waals surface area contributed by atoms with Gasteiger partial charge in [-0.05, 0) is 12.0 Å². The molecule has 0 spiro atoms. The molecule has 3 nitrogen and oxygen atoms in total. The fourth-order valence-electron chi connectivity index (χ4n) is 1.27. The summed E-state index contributed by atoms with van der Waals surface area (Å²) in [6, 6.07) is 9.78. The Balaban J connectivity index is 2.41. The van der Waals surface area contributed by atoms with E-state index in [1.807, 2.05) is 30.3 Å². The number of thiocarbonyl (C=S) groups is 1. The molecule has 0 fully saturated rings. The molecular weight excluding hydrogens is 207 g/mol. The van der Waals surface area contributed by atoms with E-state index >= 15 is 0 Å². The summed E-state index contributed by atoms with van der Waals surface area (Å²) in [6.45, 7) is 0. The molecule has 0 saturated heterocycles. The van der Waals surface area contributed by atoms with Crippen LogP contribution in [0.15, 0.2) is 30.3 Å². The maximum Gasteiger partial charge on any atom is 0.290 e. The van der Waals surface area contributed by atoms with Gasteiger partial charge in [0.2, 0.25) is 0 Å². The van der Waals surface area contributed by atoms with Gasteiger partial charge in [-0.3, -0.25) is 0 Å². The van der Waals surface area contributed by atoms with E-state index in [2.05, 4.69) is 5.32 Å². The second kappa shape index (κ2) is 6.56. The van der Waals surface area contributed by atoms with Gasteiger partial charge in [-0.1, -0.05) is 42.5 Å². The van der Waals surface area contributed by atoms with Crippen molar-refractivity contribution in [1.29, 1.82) is 0 Å². The topological polar surface area (TPSA) is 58.3 Å². The second-order valence-corrected chi connectivity index (χ2v) is 3.75. The van der Waals surface area contributed by atoms with Crippen LogP contribution in [-0.4, -0.2) is 30.0 Å². The Bertz CT molecular complexity index is 308. The highest BCUT2D eigenvalue weighted by molar-refractivity contribution is 7.80. The van der Waals surface area contributed by atoms with Crippen LogP contribution >= 0.6 is 12.2 Å². The molecule has 0 saturated carbocycles. The van der Waals surface area contributed by atoms with Crippen molar-refractivity contribution >= 4 is 24.7 Å². The fraction of sp³-hybridized carbons (Fsp3) is 0.300. The molecule has 1 aromatic carbocycles. The third kappa shape index (κ3) is 4.42. The van der Waals surface area contributed by atoms with E-state index in [-0.39, 0.29) is 13.5 Å². The van der Waals surface area contributed by atoms with Crippen LogP contribution in [0.5, 0.6) is 0 Å². The van der Waals surface area contributed by atoms with Crippen LogP contribution < -0.4 is 11.1 Å². The zero-order chi connectivity index (χ0) is 11.1. The summed E-state index contributed by atoms with van der Waals surface area (Å²) in [4.78, 5) is 0.605. The lowest BCUT2D eigenvalue weighted by atomic mass is 10.0. The molecular formula is C10H15BN2OS. The zero-order valence-electron chi connectivity index (χ0n) is 8.52. The average Bonchev–Trinajstić information content (AvgIpc) is 2.27. The molecule has 0 aromatic heterocycles. The highest BCUT2D eigenvalue weighted by Crippen LogP contribution is 2.02. The molecule has 0 amide bonds. The minimum Gasteiger partial charge on any atom is -0.452 e. The lowest BCUT2D eigenvalue weighted by Crippen LogP contribution is -2.42. The predicted molar refractivity (Wildman–Crippen MR) is 68.1 cm³/mol. The van der Waals surface area contributed by atoms with E-state index in [9.17, 15) is 0 Å². The Morgan fingerprint density at radius 1 is 1.47 bits per heavy atom. The monoisotopic (exact) mass is 222 g/mol. The normalized spacial score (nSPS) is 11.9. The van der Waals surface area contributed by atoms with Gasteiger partial charge in [0.15, 0.2) is 0 Å². The van der Waals surface area contributed by atoms with Crippen molar-refractivity contribution in [2.75, 3.05) is 6.44 Å². The van der Waals surface area contributed by atoms with Crippen molar-refractivity contribution in [3.05, 3.63) is 35.9 Å². The van der Waals surface area contributed by atoms with Gasteiger partial charge < -0.3 is 16.1 Å². The molecule has 0 aliphatic rings. The number of hydrogen-bond donors (Lipinski definition) is 3. The third-order valence-electron chi connectivity index (χ3n) is 2.05. The van der Waals surface area contributed by atoms with Gasteiger partial charge >= 0.3 is 0 Å². The zero-order valence-corrected chi connectivity index (χ0v) is 9.33. The van der Waals surface area contributed by atoms with Crippen LogP contribution in [-0.2, 0) is 6.42 Å². The molecule has 0 aliphatic heterocycles. The first-order valence-corrected chi connectivity index (χ1v) is 5.33. The summed E-state index contributed by atoms with van der Waals surface area (Å²) in [5, 5.41) is 11.5. The van der Waals surface area contributed by atoms with Crippen LogP contribution in [0, 0.1) is 0 Å². The van der Waals surface area contributed by atoms with E-state index < -0.39 is 0 Å². The van der Waals surface area contributed by atoms with Crippen LogP contribution in [0.25, 0.3) is 0 Å². The van der Waals surface area contributed by atoms with Gasteiger partial charge in [-0.25, -0.2) is 0 Å². The Morgan fingerprint density at radius 2 is 2.13 bits per heavy atom. The molecule has 0 radical (unpaired) electrons. The summed E-state index contributed by atoms with van der Waals surface area (Å²) < 4.78 is 0. The number of nitrogens with two attached hydrogens (primary N) is 1. The summed E-state index contributed by atoms with van der Waals surface area (Å²) in [5.41, 5.74) is 7.07. The van der Waals surface area contributed by atoms with Gasteiger partial charge in [-0.2, -0.15) is 0 Å². The van der Waals surface area contributed by atoms with Gasteiger partial charge in [0.05, 0.1) is 11.0 Å². The molecule has 0 heterocycles. The Hall–Kier alpha value is -0.905.